The first-order chi connectivity index (χ1) is 8.22. The third kappa shape index (κ3) is 2.45. The predicted molar refractivity (Wildman–Crippen MR) is 62.4 cm³/mol. The summed E-state index contributed by atoms with van der Waals surface area (Å²) in [7, 11) is 0. The molecule has 0 aliphatic carbocycles. The lowest BCUT2D eigenvalue weighted by Crippen LogP contribution is -2.09. The van der Waals surface area contributed by atoms with Gasteiger partial charge in [-0.05, 0) is 31.5 Å². The monoisotopic (exact) mass is 233 g/mol. The second-order valence-corrected chi connectivity index (χ2v) is 3.77. The van der Waals surface area contributed by atoms with E-state index < -0.39 is 0 Å². The van der Waals surface area contributed by atoms with Gasteiger partial charge in [0.2, 0.25) is 5.88 Å². The van der Waals surface area contributed by atoms with E-state index in [0.29, 0.717) is 19.0 Å². The molecule has 2 aromatic heterocycles. The SMILES string of the molecule is Cc1nnc(OCc2ccco2)c(CN)c1C. The van der Waals surface area contributed by atoms with E-state index in [9.17, 15) is 0 Å². The Morgan fingerprint density at radius 2 is 2.18 bits per heavy atom. The molecule has 2 heterocycles. The molecule has 0 aromatic carbocycles. The third-order valence-corrected chi connectivity index (χ3v) is 2.68. The predicted octanol–water partition coefficient (Wildman–Crippen LogP) is 1.72. The first-order valence-electron chi connectivity index (χ1n) is 5.40. The Hall–Kier alpha value is -1.88. The maximum Gasteiger partial charge on any atom is 0.238 e. The zero-order valence-electron chi connectivity index (χ0n) is 9.93. The van der Waals surface area contributed by atoms with Crippen LogP contribution in [0.5, 0.6) is 5.88 Å². The van der Waals surface area contributed by atoms with Gasteiger partial charge in [-0.15, -0.1) is 5.10 Å². The molecule has 2 aromatic rings. The number of furan rings is 1. The molecule has 2 rings (SSSR count). The maximum absolute atomic E-state index is 5.70. The van der Waals surface area contributed by atoms with Gasteiger partial charge < -0.3 is 14.9 Å². The van der Waals surface area contributed by atoms with Crippen LogP contribution in [0.15, 0.2) is 22.8 Å². The van der Waals surface area contributed by atoms with Gasteiger partial charge in [-0.25, -0.2) is 0 Å². The highest BCUT2D eigenvalue weighted by Gasteiger charge is 2.11. The third-order valence-electron chi connectivity index (χ3n) is 2.68. The highest BCUT2D eigenvalue weighted by molar-refractivity contribution is 5.35. The van der Waals surface area contributed by atoms with E-state index in [1.807, 2.05) is 26.0 Å². The Bertz CT molecular complexity index is 495. The number of nitrogens with zero attached hydrogens (tertiary/aromatic N) is 2. The summed E-state index contributed by atoms with van der Waals surface area (Å²) in [5.41, 5.74) is 8.49. The van der Waals surface area contributed by atoms with Gasteiger partial charge in [0.1, 0.15) is 12.4 Å². The number of ether oxygens (including phenoxy) is 1. The molecule has 0 amide bonds. The molecule has 5 heteroatoms. The summed E-state index contributed by atoms with van der Waals surface area (Å²) in [5.74, 6) is 1.22. The minimum Gasteiger partial charge on any atom is -0.468 e. The maximum atomic E-state index is 5.70. The van der Waals surface area contributed by atoms with Crippen molar-refractivity contribution >= 4 is 0 Å². The molecule has 0 bridgehead atoms. The molecule has 0 atom stereocenters. The Balaban J connectivity index is 2.18. The Kier molecular flexibility index (Phi) is 3.39. The summed E-state index contributed by atoms with van der Waals surface area (Å²) in [5, 5.41) is 8.04. The summed E-state index contributed by atoms with van der Waals surface area (Å²) in [6.07, 6.45) is 1.61. The van der Waals surface area contributed by atoms with Crippen LogP contribution in [0, 0.1) is 13.8 Å². The number of nitrogens with two attached hydrogens (primary N) is 1. The number of aryl methyl sites for hydroxylation is 1. The van der Waals surface area contributed by atoms with Gasteiger partial charge in [0.05, 0.1) is 12.0 Å². The Morgan fingerprint density at radius 3 is 2.82 bits per heavy atom. The molecule has 90 valence electrons. The molecular formula is C12H15N3O2. The van der Waals surface area contributed by atoms with Crippen molar-refractivity contribution in [3.63, 3.8) is 0 Å². The largest absolute Gasteiger partial charge is 0.468 e. The highest BCUT2D eigenvalue weighted by Crippen LogP contribution is 2.20. The molecule has 0 saturated carbocycles. The van der Waals surface area contributed by atoms with Gasteiger partial charge in [0.15, 0.2) is 0 Å². The fraction of sp³-hybridized carbons (Fsp3) is 0.333. The quantitative estimate of drug-likeness (QED) is 0.870. The van der Waals surface area contributed by atoms with Crippen LogP contribution < -0.4 is 10.5 Å². The van der Waals surface area contributed by atoms with Crippen LogP contribution in [0.2, 0.25) is 0 Å². The lowest BCUT2D eigenvalue weighted by Gasteiger charge is -2.11. The minimum atomic E-state index is 0.331. The second-order valence-electron chi connectivity index (χ2n) is 3.77. The van der Waals surface area contributed by atoms with Gasteiger partial charge >= 0.3 is 0 Å². The van der Waals surface area contributed by atoms with E-state index in [1.165, 1.54) is 0 Å². The fourth-order valence-corrected chi connectivity index (χ4v) is 1.53. The van der Waals surface area contributed by atoms with Crippen molar-refractivity contribution in [2.24, 2.45) is 5.73 Å². The van der Waals surface area contributed by atoms with Crippen molar-refractivity contribution in [1.82, 2.24) is 10.2 Å². The molecule has 5 nitrogen and oxygen atoms in total. The summed E-state index contributed by atoms with van der Waals surface area (Å²) in [4.78, 5) is 0. The van der Waals surface area contributed by atoms with Crippen molar-refractivity contribution in [3.8, 4) is 5.88 Å². The number of rotatable bonds is 4. The van der Waals surface area contributed by atoms with E-state index >= 15 is 0 Å². The first kappa shape index (κ1) is 11.6. The van der Waals surface area contributed by atoms with Gasteiger partial charge in [0, 0.05) is 12.1 Å². The standard InChI is InChI=1S/C12H15N3O2/c1-8-9(2)14-15-12(11(8)6-13)17-7-10-4-3-5-16-10/h3-5H,6-7,13H2,1-2H3. The average Bonchev–Trinajstić information content (AvgIpc) is 2.83. The van der Waals surface area contributed by atoms with Crippen LogP contribution in [-0.2, 0) is 13.2 Å². The van der Waals surface area contributed by atoms with E-state index in [0.717, 1.165) is 22.6 Å². The smallest absolute Gasteiger partial charge is 0.238 e. The van der Waals surface area contributed by atoms with E-state index in [4.69, 9.17) is 14.9 Å². The second kappa shape index (κ2) is 4.97. The molecule has 2 N–H and O–H groups in total. The lowest BCUT2D eigenvalue weighted by molar-refractivity contribution is 0.254. The Labute approximate surface area is 99.6 Å². The molecule has 0 saturated heterocycles. The molecular weight excluding hydrogens is 218 g/mol. The van der Waals surface area contributed by atoms with Crippen molar-refractivity contribution in [3.05, 3.63) is 41.0 Å². The van der Waals surface area contributed by atoms with E-state index in [-0.39, 0.29) is 0 Å². The molecule has 0 radical (unpaired) electrons. The van der Waals surface area contributed by atoms with Crippen LogP contribution in [0.25, 0.3) is 0 Å². The van der Waals surface area contributed by atoms with Crippen molar-refractivity contribution in [2.45, 2.75) is 27.0 Å². The van der Waals surface area contributed by atoms with Gasteiger partial charge in [-0.1, -0.05) is 0 Å². The van der Waals surface area contributed by atoms with Crippen LogP contribution in [0.3, 0.4) is 0 Å². The first-order valence-corrected chi connectivity index (χ1v) is 5.40. The van der Waals surface area contributed by atoms with Gasteiger partial charge in [0.25, 0.3) is 0 Å². The molecule has 17 heavy (non-hydrogen) atoms. The zero-order valence-corrected chi connectivity index (χ0v) is 9.93. The molecule has 0 aliphatic heterocycles. The minimum absolute atomic E-state index is 0.331. The summed E-state index contributed by atoms with van der Waals surface area (Å²) < 4.78 is 10.7. The van der Waals surface area contributed by atoms with Crippen molar-refractivity contribution in [2.75, 3.05) is 0 Å². The molecule has 0 spiro atoms. The Morgan fingerprint density at radius 1 is 1.35 bits per heavy atom. The van der Waals surface area contributed by atoms with Crippen LogP contribution >= 0.6 is 0 Å². The van der Waals surface area contributed by atoms with Crippen LogP contribution in [0.1, 0.15) is 22.6 Å². The zero-order chi connectivity index (χ0) is 12.3. The summed E-state index contributed by atoms with van der Waals surface area (Å²) >= 11 is 0. The van der Waals surface area contributed by atoms with Crippen LogP contribution in [0.4, 0.5) is 0 Å². The highest BCUT2D eigenvalue weighted by atomic mass is 16.5. The van der Waals surface area contributed by atoms with Gasteiger partial charge in [-0.2, -0.15) is 5.10 Å². The normalized spacial score (nSPS) is 10.5. The lowest BCUT2D eigenvalue weighted by atomic mass is 10.1. The summed E-state index contributed by atoms with van der Waals surface area (Å²) in [6, 6.07) is 3.66. The molecule has 0 unspecified atom stereocenters. The van der Waals surface area contributed by atoms with Crippen LogP contribution in [-0.4, -0.2) is 10.2 Å². The molecule has 0 fully saturated rings. The van der Waals surface area contributed by atoms with Crippen molar-refractivity contribution < 1.29 is 9.15 Å². The summed E-state index contributed by atoms with van der Waals surface area (Å²) in [6.45, 7) is 4.58. The number of hydrogen-bond donors (Lipinski definition) is 1. The average molecular weight is 233 g/mol. The topological polar surface area (TPSA) is 74.2 Å². The van der Waals surface area contributed by atoms with E-state index in [2.05, 4.69) is 10.2 Å². The fourth-order valence-electron chi connectivity index (χ4n) is 1.53. The van der Waals surface area contributed by atoms with Gasteiger partial charge in [-0.3, -0.25) is 0 Å². The number of hydrogen-bond acceptors (Lipinski definition) is 5. The number of aromatic nitrogens is 2. The van der Waals surface area contributed by atoms with Crippen molar-refractivity contribution in [1.29, 1.82) is 0 Å². The molecule has 0 aliphatic rings. The van der Waals surface area contributed by atoms with E-state index in [1.54, 1.807) is 6.26 Å².